The van der Waals surface area contributed by atoms with E-state index in [0.29, 0.717) is 5.69 Å². The lowest BCUT2D eigenvalue weighted by atomic mass is 10.1. The molecule has 2 N–H and O–H groups in total. The lowest BCUT2D eigenvalue weighted by Gasteiger charge is -2.20. The van der Waals surface area contributed by atoms with Crippen LogP contribution in [0.5, 0.6) is 0 Å². The van der Waals surface area contributed by atoms with Gasteiger partial charge in [0.1, 0.15) is 11.5 Å². The van der Waals surface area contributed by atoms with Crippen LogP contribution in [0.15, 0.2) is 24.3 Å². The van der Waals surface area contributed by atoms with Crippen molar-refractivity contribution in [1.29, 1.82) is 0 Å². The molecule has 0 bridgehead atoms. The molecule has 0 atom stereocenters. The highest BCUT2D eigenvalue weighted by Gasteiger charge is 2.20. The fourth-order valence-electron chi connectivity index (χ4n) is 2.75. The van der Waals surface area contributed by atoms with Crippen molar-refractivity contribution in [1.82, 2.24) is 9.97 Å². The largest absolute Gasteiger partial charge is 0.394 e. The zero-order valence-electron chi connectivity index (χ0n) is 12.1. The molecule has 0 saturated carbocycles. The first-order chi connectivity index (χ1) is 9.65. The van der Waals surface area contributed by atoms with Crippen molar-refractivity contribution in [2.75, 3.05) is 23.7 Å². The first-order valence-corrected chi connectivity index (χ1v) is 7.11. The Labute approximate surface area is 119 Å². The van der Waals surface area contributed by atoms with Crippen molar-refractivity contribution in [2.45, 2.75) is 26.7 Å². The van der Waals surface area contributed by atoms with Crippen LogP contribution < -0.4 is 10.6 Å². The first-order valence-electron chi connectivity index (χ1n) is 7.11. The molecule has 1 aromatic carbocycles. The van der Waals surface area contributed by atoms with Gasteiger partial charge in [-0.2, -0.15) is 0 Å². The maximum Gasteiger partial charge on any atom is 0.156 e. The number of aryl methyl sites for hydroxylation is 2. The lowest BCUT2D eigenvalue weighted by Crippen LogP contribution is -2.21. The quantitative estimate of drug-likeness (QED) is 0.909. The summed E-state index contributed by atoms with van der Waals surface area (Å²) in [5.41, 5.74) is 10.2. The van der Waals surface area contributed by atoms with Gasteiger partial charge in [-0.1, -0.05) is 23.8 Å². The van der Waals surface area contributed by atoms with Gasteiger partial charge in [0.2, 0.25) is 0 Å². The molecule has 0 unspecified atom stereocenters. The van der Waals surface area contributed by atoms with E-state index in [2.05, 4.69) is 40.0 Å². The van der Waals surface area contributed by atoms with Crippen LogP contribution in [0, 0.1) is 13.8 Å². The van der Waals surface area contributed by atoms with E-state index in [4.69, 9.17) is 5.73 Å². The molecule has 1 aliphatic heterocycles. The average Bonchev–Trinajstić information content (AvgIpc) is 2.95. The van der Waals surface area contributed by atoms with Crippen LogP contribution in [0.25, 0.3) is 11.3 Å². The summed E-state index contributed by atoms with van der Waals surface area (Å²) in [5, 5.41) is 0. The number of benzene rings is 1. The Hall–Kier alpha value is -2.10. The van der Waals surface area contributed by atoms with Gasteiger partial charge in [0.15, 0.2) is 5.82 Å². The van der Waals surface area contributed by atoms with Gasteiger partial charge in [-0.05, 0) is 32.8 Å². The molecule has 104 valence electrons. The zero-order chi connectivity index (χ0) is 14.1. The Morgan fingerprint density at radius 1 is 1.10 bits per heavy atom. The number of hydrogen-bond acceptors (Lipinski definition) is 4. The number of rotatable bonds is 2. The molecule has 2 aromatic rings. The predicted octanol–water partition coefficient (Wildman–Crippen LogP) is 2.94. The molecule has 1 aromatic heterocycles. The summed E-state index contributed by atoms with van der Waals surface area (Å²) in [7, 11) is 0. The molecule has 20 heavy (non-hydrogen) atoms. The number of nitrogens with two attached hydrogens (primary N) is 1. The Morgan fingerprint density at radius 2 is 1.85 bits per heavy atom. The van der Waals surface area contributed by atoms with E-state index in [9.17, 15) is 0 Å². The highest BCUT2D eigenvalue weighted by Crippen LogP contribution is 2.32. The van der Waals surface area contributed by atoms with Crippen LogP contribution in [0.1, 0.15) is 24.2 Å². The third-order valence-electron chi connectivity index (χ3n) is 3.73. The molecule has 4 heteroatoms. The molecule has 1 fully saturated rings. The van der Waals surface area contributed by atoms with Crippen LogP contribution in [0.3, 0.4) is 0 Å². The van der Waals surface area contributed by atoms with E-state index in [-0.39, 0.29) is 0 Å². The Kier molecular flexibility index (Phi) is 3.30. The molecule has 3 rings (SSSR count). The van der Waals surface area contributed by atoms with Crippen molar-refractivity contribution in [3.8, 4) is 11.3 Å². The summed E-state index contributed by atoms with van der Waals surface area (Å²) in [6, 6.07) is 8.29. The molecular formula is C16H20N4. The topological polar surface area (TPSA) is 55.0 Å². The zero-order valence-corrected chi connectivity index (χ0v) is 12.1. The normalized spacial score (nSPS) is 14.8. The molecule has 0 spiro atoms. The molecule has 4 nitrogen and oxygen atoms in total. The summed E-state index contributed by atoms with van der Waals surface area (Å²) in [5.74, 6) is 1.67. The van der Waals surface area contributed by atoms with E-state index in [1.165, 1.54) is 18.4 Å². The lowest BCUT2D eigenvalue weighted by molar-refractivity contribution is 0.915. The molecule has 0 radical (unpaired) electrons. The van der Waals surface area contributed by atoms with Gasteiger partial charge in [0.05, 0.1) is 5.69 Å². The number of nitrogen functional groups attached to an aromatic ring is 1. The molecule has 0 amide bonds. The standard InChI is InChI=1S/C16H20N4/c1-11-6-5-7-13(10-11)15-14(17)16(19-12(2)18-15)20-8-3-4-9-20/h5-7,10H,3-4,8-9,17H2,1-2H3. The second-order valence-electron chi connectivity index (χ2n) is 5.42. The van der Waals surface area contributed by atoms with Crippen LogP contribution in [0.2, 0.25) is 0 Å². The van der Waals surface area contributed by atoms with Crippen molar-refractivity contribution < 1.29 is 0 Å². The molecule has 0 aliphatic carbocycles. The van der Waals surface area contributed by atoms with Gasteiger partial charge in [-0.15, -0.1) is 0 Å². The average molecular weight is 268 g/mol. The van der Waals surface area contributed by atoms with E-state index in [1.807, 2.05) is 13.0 Å². The predicted molar refractivity (Wildman–Crippen MR) is 82.8 cm³/mol. The number of nitrogens with zero attached hydrogens (tertiary/aromatic N) is 3. The SMILES string of the molecule is Cc1cccc(-c2nc(C)nc(N3CCCC3)c2N)c1. The summed E-state index contributed by atoms with van der Waals surface area (Å²) >= 11 is 0. The Bertz CT molecular complexity index is 630. The number of hydrogen-bond donors (Lipinski definition) is 1. The fourth-order valence-corrected chi connectivity index (χ4v) is 2.75. The van der Waals surface area contributed by atoms with Crippen LogP contribution in [-0.2, 0) is 0 Å². The summed E-state index contributed by atoms with van der Waals surface area (Å²) in [6.45, 7) is 6.08. The molecular weight excluding hydrogens is 248 g/mol. The monoisotopic (exact) mass is 268 g/mol. The van der Waals surface area contributed by atoms with Gasteiger partial charge in [0.25, 0.3) is 0 Å². The van der Waals surface area contributed by atoms with Gasteiger partial charge in [-0.3, -0.25) is 0 Å². The van der Waals surface area contributed by atoms with Gasteiger partial charge >= 0.3 is 0 Å². The third kappa shape index (κ3) is 2.33. The van der Waals surface area contributed by atoms with Crippen molar-refractivity contribution in [3.05, 3.63) is 35.7 Å². The van der Waals surface area contributed by atoms with Crippen molar-refractivity contribution in [3.63, 3.8) is 0 Å². The van der Waals surface area contributed by atoms with Gasteiger partial charge in [0, 0.05) is 18.7 Å². The molecule has 2 heterocycles. The summed E-state index contributed by atoms with van der Waals surface area (Å²) in [4.78, 5) is 11.4. The van der Waals surface area contributed by atoms with Gasteiger partial charge < -0.3 is 10.6 Å². The maximum absolute atomic E-state index is 6.35. The maximum atomic E-state index is 6.35. The molecule has 1 aliphatic rings. The van der Waals surface area contributed by atoms with E-state index in [0.717, 1.165) is 36.0 Å². The second kappa shape index (κ2) is 5.12. The molecule has 1 saturated heterocycles. The first kappa shape index (κ1) is 12.9. The van der Waals surface area contributed by atoms with Crippen LogP contribution in [0.4, 0.5) is 11.5 Å². The van der Waals surface area contributed by atoms with E-state index >= 15 is 0 Å². The summed E-state index contributed by atoms with van der Waals surface area (Å²) < 4.78 is 0. The second-order valence-corrected chi connectivity index (χ2v) is 5.42. The Balaban J connectivity index is 2.11. The highest BCUT2D eigenvalue weighted by atomic mass is 15.2. The van der Waals surface area contributed by atoms with E-state index in [1.54, 1.807) is 0 Å². The van der Waals surface area contributed by atoms with Gasteiger partial charge in [-0.25, -0.2) is 9.97 Å². The fraction of sp³-hybridized carbons (Fsp3) is 0.375. The van der Waals surface area contributed by atoms with Crippen molar-refractivity contribution in [2.24, 2.45) is 0 Å². The third-order valence-corrected chi connectivity index (χ3v) is 3.73. The van der Waals surface area contributed by atoms with E-state index < -0.39 is 0 Å². The minimum Gasteiger partial charge on any atom is -0.394 e. The minimum absolute atomic E-state index is 0.697. The smallest absolute Gasteiger partial charge is 0.156 e. The number of aromatic nitrogens is 2. The summed E-state index contributed by atoms with van der Waals surface area (Å²) in [6.07, 6.45) is 2.42. The van der Waals surface area contributed by atoms with Crippen LogP contribution >= 0.6 is 0 Å². The Morgan fingerprint density at radius 3 is 2.55 bits per heavy atom. The van der Waals surface area contributed by atoms with Crippen LogP contribution in [-0.4, -0.2) is 23.1 Å². The van der Waals surface area contributed by atoms with Crippen molar-refractivity contribution >= 4 is 11.5 Å². The number of anilines is 2. The minimum atomic E-state index is 0.697. The highest BCUT2D eigenvalue weighted by molar-refractivity contribution is 5.81.